The van der Waals surface area contributed by atoms with E-state index in [0.717, 1.165) is 30.8 Å². The van der Waals surface area contributed by atoms with Gasteiger partial charge in [-0.05, 0) is 41.3 Å². The molecule has 17 heavy (non-hydrogen) atoms. The van der Waals surface area contributed by atoms with E-state index in [2.05, 4.69) is 32.9 Å². The Morgan fingerprint density at radius 2 is 2.29 bits per heavy atom. The number of nitrogens with zero attached hydrogens (tertiary/aromatic N) is 3. The van der Waals surface area contributed by atoms with Crippen LogP contribution >= 0.6 is 11.3 Å². The number of hydrogen-bond donors (Lipinski definition) is 0. The first kappa shape index (κ1) is 10.4. The summed E-state index contributed by atoms with van der Waals surface area (Å²) < 4.78 is 0. The first-order valence-electron chi connectivity index (χ1n) is 5.64. The average Bonchev–Trinajstić information content (AvgIpc) is 3.09. The standard InChI is InChI=1S/C13H11N3S/c14-7-12-6-11(5-9-3-4-17-8-9)15-13(16-12)10-1-2-10/h3-4,6,8,10H,1-2,5H2. The molecule has 0 spiro atoms. The van der Waals surface area contributed by atoms with Gasteiger partial charge in [0.1, 0.15) is 17.6 Å². The monoisotopic (exact) mass is 241 g/mol. The molecule has 0 unspecified atom stereocenters. The van der Waals surface area contributed by atoms with Crippen LogP contribution in [-0.4, -0.2) is 9.97 Å². The van der Waals surface area contributed by atoms with E-state index in [1.54, 1.807) is 17.4 Å². The summed E-state index contributed by atoms with van der Waals surface area (Å²) in [4.78, 5) is 8.83. The van der Waals surface area contributed by atoms with Gasteiger partial charge in [-0.1, -0.05) is 0 Å². The molecule has 0 saturated heterocycles. The quantitative estimate of drug-likeness (QED) is 0.830. The third-order valence-corrected chi connectivity index (χ3v) is 3.55. The van der Waals surface area contributed by atoms with Crippen LogP contribution in [0.25, 0.3) is 0 Å². The first-order chi connectivity index (χ1) is 8.35. The molecule has 0 amide bonds. The van der Waals surface area contributed by atoms with Crippen molar-refractivity contribution < 1.29 is 0 Å². The lowest BCUT2D eigenvalue weighted by atomic mass is 10.1. The molecule has 1 aliphatic rings. The molecule has 0 aliphatic heterocycles. The van der Waals surface area contributed by atoms with Gasteiger partial charge in [0.05, 0.1) is 0 Å². The molecule has 0 radical (unpaired) electrons. The van der Waals surface area contributed by atoms with E-state index in [9.17, 15) is 0 Å². The molecule has 0 N–H and O–H groups in total. The topological polar surface area (TPSA) is 49.6 Å². The molecule has 3 rings (SSSR count). The maximum atomic E-state index is 8.98. The number of aromatic nitrogens is 2. The van der Waals surface area contributed by atoms with Gasteiger partial charge in [-0.3, -0.25) is 0 Å². The summed E-state index contributed by atoms with van der Waals surface area (Å²) in [6, 6.07) is 6.01. The third kappa shape index (κ3) is 2.34. The third-order valence-electron chi connectivity index (χ3n) is 2.82. The molecule has 0 atom stereocenters. The van der Waals surface area contributed by atoms with Gasteiger partial charge >= 0.3 is 0 Å². The molecule has 1 saturated carbocycles. The fraction of sp³-hybridized carbons (Fsp3) is 0.308. The molecule has 2 aromatic rings. The van der Waals surface area contributed by atoms with Crippen molar-refractivity contribution in [3.63, 3.8) is 0 Å². The molecule has 2 aromatic heterocycles. The Hall–Kier alpha value is -1.73. The highest BCUT2D eigenvalue weighted by molar-refractivity contribution is 7.07. The van der Waals surface area contributed by atoms with Crippen molar-refractivity contribution in [1.29, 1.82) is 5.26 Å². The molecular weight excluding hydrogens is 230 g/mol. The normalized spacial score (nSPS) is 14.5. The van der Waals surface area contributed by atoms with Crippen LogP contribution in [0.3, 0.4) is 0 Å². The van der Waals surface area contributed by atoms with Gasteiger partial charge in [-0.15, -0.1) is 0 Å². The van der Waals surface area contributed by atoms with E-state index in [-0.39, 0.29) is 0 Å². The zero-order valence-corrected chi connectivity index (χ0v) is 10.1. The summed E-state index contributed by atoms with van der Waals surface area (Å²) in [7, 11) is 0. The van der Waals surface area contributed by atoms with Crippen LogP contribution in [0.1, 0.15) is 41.5 Å². The minimum absolute atomic E-state index is 0.490. The number of thiophene rings is 1. The van der Waals surface area contributed by atoms with E-state index in [0.29, 0.717) is 11.6 Å². The largest absolute Gasteiger partial charge is 0.237 e. The van der Waals surface area contributed by atoms with Crippen LogP contribution in [0.2, 0.25) is 0 Å². The van der Waals surface area contributed by atoms with Gasteiger partial charge in [-0.2, -0.15) is 16.6 Å². The summed E-state index contributed by atoms with van der Waals surface area (Å²) in [5, 5.41) is 13.2. The Kier molecular flexibility index (Phi) is 2.62. The van der Waals surface area contributed by atoms with Gasteiger partial charge in [0.25, 0.3) is 0 Å². The van der Waals surface area contributed by atoms with E-state index in [1.807, 2.05) is 0 Å². The Bertz CT molecular complexity index is 565. The maximum Gasteiger partial charge on any atom is 0.144 e. The van der Waals surface area contributed by atoms with Gasteiger partial charge in [0.2, 0.25) is 0 Å². The second-order valence-electron chi connectivity index (χ2n) is 4.30. The van der Waals surface area contributed by atoms with Gasteiger partial charge in [0.15, 0.2) is 0 Å². The Morgan fingerprint density at radius 1 is 1.41 bits per heavy atom. The summed E-state index contributed by atoms with van der Waals surface area (Å²) in [5.74, 6) is 1.35. The van der Waals surface area contributed by atoms with Crippen LogP contribution in [0.4, 0.5) is 0 Å². The van der Waals surface area contributed by atoms with Gasteiger partial charge in [0, 0.05) is 18.0 Å². The summed E-state index contributed by atoms with van der Waals surface area (Å²) in [6.45, 7) is 0. The number of nitriles is 1. The minimum Gasteiger partial charge on any atom is -0.237 e. The Balaban J connectivity index is 1.92. The van der Waals surface area contributed by atoms with Crippen molar-refractivity contribution in [2.75, 3.05) is 0 Å². The molecule has 1 aliphatic carbocycles. The molecule has 1 fully saturated rings. The molecule has 0 bridgehead atoms. The van der Waals surface area contributed by atoms with E-state index >= 15 is 0 Å². The van der Waals surface area contributed by atoms with Crippen LogP contribution in [0.5, 0.6) is 0 Å². The minimum atomic E-state index is 0.490. The summed E-state index contributed by atoms with van der Waals surface area (Å²) >= 11 is 1.68. The molecular formula is C13H11N3S. The smallest absolute Gasteiger partial charge is 0.144 e. The SMILES string of the molecule is N#Cc1cc(Cc2ccsc2)nc(C2CC2)n1. The predicted molar refractivity (Wildman–Crippen MR) is 65.8 cm³/mol. The number of hydrogen-bond acceptors (Lipinski definition) is 4. The lowest BCUT2D eigenvalue weighted by Gasteiger charge is -2.03. The van der Waals surface area contributed by atoms with Gasteiger partial charge < -0.3 is 0 Å². The highest BCUT2D eigenvalue weighted by Gasteiger charge is 2.27. The second kappa shape index (κ2) is 4.27. The summed E-state index contributed by atoms with van der Waals surface area (Å²) in [5.41, 5.74) is 2.70. The average molecular weight is 241 g/mol. The Morgan fingerprint density at radius 3 is 2.94 bits per heavy atom. The highest BCUT2D eigenvalue weighted by Crippen LogP contribution is 2.38. The van der Waals surface area contributed by atoms with Crippen LogP contribution in [0.15, 0.2) is 22.9 Å². The Labute approximate surface area is 104 Å². The number of rotatable bonds is 3. The molecule has 2 heterocycles. The predicted octanol–water partition coefficient (Wildman–Crippen LogP) is 2.88. The fourth-order valence-electron chi connectivity index (χ4n) is 1.79. The fourth-order valence-corrected chi connectivity index (χ4v) is 2.46. The molecule has 0 aromatic carbocycles. The van der Waals surface area contributed by atoms with Crippen LogP contribution < -0.4 is 0 Å². The highest BCUT2D eigenvalue weighted by atomic mass is 32.1. The van der Waals surface area contributed by atoms with Crippen LogP contribution in [-0.2, 0) is 6.42 Å². The zero-order chi connectivity index (χ0) is 11.7. The molecule has 3 nitrogen and oxygen atoms in total. The second-order valence-corrected chi connectivity index (χ2v) is 5.08. The molecule has 4 heteroatoms. The first-order valence-corrected chi connectivity index (χ1v) is 6.58. The van der Waals surface area contributed by atoms with Crippen LogP contribution in [0, 0.1) is 11.3 Å². The zero-order valence-electron chi connectivity index (χ0n) is 9.26. The van der Waals surface area contributed by atoms with E-state index < -0.39 is 0 Å². The van der Waals surface area contributed by atoms with Crippen molar-refractivity contribution in [3.05, 3.63) is 45.7 Å². The molecule has 84 valence electrons. The van der Waals surface area contributed by atoms with Gasteiger partial charge in [-0.25, -0.2) is 9.97 Å². The lowest BCUT2D eigenvalue weighted by Crippen LogP contribution is -2.01. The van der Waals surface area contributed by atoms with E-state index in [4.69, 9.17) is 5.26 Å². The van der Waals surface area contributed by atoms with Crippen molar-refractivity contribution in [2.45, 2.75) is 25.2 Å². The van der Waals surface area contributed by atoms with Crippen molar-refractivity contribution in [1.82, 2.24) is 9.97 Å². The lowest BCUT2D eigenvalue weighted by molar-refractivity contribution is 0.880. The van der Waals surface area contributed by atoms with Crippen molar-refractivity contribution in [3.8, 4) is 6.07 Å². The summed E-state index contributed by atoms with van der Waals surface area (Å²) in [6.07, 6.45) is 3.11. The van der Waals surface area contributed by atoms with E-state index in [1.165, 1.54) is 5.56 Å². The maximum absolute atomic E-state index is 8.98. The van der Waals surface area contributed by atoms with Crippen molar-refractivity contribution >= 4 is 11.3 Å². The van der Waals surface area contributed by atoms with Crippen molar-refractivity contribution in [2.24, 2.45) is 0 Å².